The molecule has 2 aliphatic heterocycles. The first kappa shape index (κ1) is 28.5. The number of rotatable bonds is 8. The Kier molecular flexibility index (Phi) is 7.63. The molecule has 0 saturated carbocycles. The number of benzene rings is 3. The molecule has 5 aromatic rings. The summed E-state index contributed by atoms with van der Waals surface area (Å²) in [6.07, 6.45) is 3.35. The Morgan fingerprint density at radius 2 is 1.89 bits per heavy atom. The maximum Gasteiger partial charge on any atom is 0.320 e. The van der Waals surface area contributed by atoms with Gasteiger partial charge < -0.3 is 19.3 Å². The topological polar surface area (TPSA) is 112 Å². The molecule has 0 radical (unpaired) electrons. The number of aromatic nitrogens is 4. The van der Waals surface area contributed by atoms with Crippen LogP contribution in [0.1, 0.15) is 16.7 Å². The van der Waals surface area contributed by atoms with E-state index in [4.69, 9.17) is 4.74 Å². The Bertz CT molecular complexity index is 1870. The third-order valence-corrected chi connectivity index (χ3v) is 8.64. The number of fused-ring (bicyclic) bond motifs is 5. The summed E-state index contributed by atoms with van der Waals surface area (Å²) in [6.45, 7) is 2.84. The number of nitrogens with zero attached hydrogens (tertiary/aromatic N) is 7. The molecule has 10 heteroatoms. The van der Waals surface area contributed by atoms with Crippen molar-refractivity contribution >= 4 is 11.7 Å². The van der Waals surface area contributed by atoms with Gasteiger partial charge in [-0.2, -0.15) is 5.26 Å². The fraction of sp³-hybridized carbons (Fsp3) is 0.257. The van der Waals surface area contributed by atoms with Crippen molar-refractivity contribution in [3.05, 3.63) is 108 Å². The minimum Gasteiger partial charge on any atom is -0.460 e. The molecule has 226 valence electrons. The quantitative estimate of drug-likeness (QED) is 0.260. The zero-order valence-corrected chi connectivity index (χ0v) is 25.0. The second-order valence-corrected chi connectivity index (χ2v) is 11.8. The van der Waals surface area contributed by atoms with Crippen molar-refractivity contribution in [2.75, 3.05) is 38.1 Å². The second-order valence-electron chi connectivity index (χ2n) is 11.8. The summed E-state index contributed by atoms with van der Waals surface area (Å²) in [5.41, 5.74) is 7.80. The minimum atomic E-state index is -0.512. The number of hydrogen-bond acceptors (Lipinski definition) is 8. The molecule has 1 saturated heterocycles. The van der Waals surface area contributed by atoms with Crippen LogP contribution < -0.4 is 4.90 Å². The maximum atomic E-state index is 12.4. The van der Waals surface area contributed by atoms with Crippen LogP contribution in [0.15, 0.2) is 91.4 Å². The van der Waals surface area contributed by atoms with Crippen LogP contribution in [-0.2, 0) is 22.7 Å². The summed E-state index contributed by atoms with van der Waals surface area (Å²) in [5, 5.41) is 28.9. The molecule has 0 amide bonds. The van der Waals surface area contributed by atoms with E-state index in [2.05, 4.69) is 56.2 Å². The van der Waals surface area contributed by atoms with E-state index in [1.54, 1.807) is 6.33 Å². The SMILES string of the molecule is CN(CC(=O)OCc1ccccc1)CC1CN(c2ccc3c(c2)Cn2cc(-c4ccc(C#N)cc4)cc2-c2nncn2-3)C[C@@H]1O. The molecule has 2 aromatic heterocycles. The highest BCUT2D eigenvalue weighted by Crippen LogP contribution is 2.36. The van der Waals surface area contributed by atoms with Crippen molar-refractivity contribution in [2.45, 2.75) is 19.3 Å². The van der Waals surface area contributed by atoms with Crippen LogP contribution in [0.5, 0.6) is 0 Å². The summed E-state index contributed by atoms with van der Waals surface area (Å²) in [6, 6.07) is 27.9. The molecule has 0 bridgehead atoms. The molecule has 4 heterocycles. The van der Waals surface area contributed by atoms with Crippen LogP contribution in [0.25, 0.3) is 28.3 Å². The van der Waals surface area contributed by atoms with Crippen LogP contribution in [0.4, 0.5) is 5.69 Å². The molecule has 1 N–H and O–H groups in total. The largest absolute Gasteiger partial charge is 0.460 e. The minimum absolute atomic E-state index is 0.00813. The maximum absolute atomic E-state index is 12.4. The lowest BCUT2D eigenvalue weighted by Crippen LogP contribution is -2.35. The van der Waals surface area contributed by atoms with E-state index in [0.717, 1.165) is 45.1 Å². The van der Waals surface area contributed by atoms with Gasteiger partial charge in [0.05, 0.1) is 35.7 Å². The van der Waals surface area contributed by atoms with Crippen molar-refractivity contribution < 1.29 is 14.6 Å². The fourth-order valence-corrected chi connectivity index (χ4v) is 6.34. The van der Waals surface area contributed by atoms with Crippen molar-refractivity contribution in [1.82, 2.24) is 24.2 Å². The van der Waals surface area contributed by atoms with Crippen molar-refractivity contribution in [2.24, 2.45) is 5.92 Å². The number of carbonyl (C=O) groups excluding carboxylic acids is 1. The van der Waals surface area contributed by atoms with Gasteiger partial charge >= 0.3 is 5.97 Å². The fourth-order valence-electron chi connectivity index (χ4n) is 6.34. The van der Waals surface area contributed by atoms with Gasteiger partial charge in [-0.05, 0) is 60.1 Å². The molecule has 3 aromatic carbocycles. The first-order chi connectivity index (χ1) is 21.9. The molecule has 10 nitrogen and oxygen atoms in total. The number of ether oxygens (including phenoxy) is 1. The number of hydrogen-bond donors (Lipinski definition) is 1. The standard InChI is InChI=1S/C35H33N7O3/c1-39(21-34(44)45-22-25-5-3-2-4-6-25)16-29-19-40(20-33(29)43)30-11-12-31-28(13-30)18-41-17-27(26-9-7-24(15-36)8-10-26)14-32(41)35-38-37-23-42(31)35/h2-14,17,23,29,33,43H,16,18-22H2,1H3/t29?,33-/m0/s1. The number of esters is 1. The van der Waals surface area contributed by atoms with E-state index in [1.165, 1.54) is 0 Å². The third-order valence-electron chi connectivity index (χ3n) is 8.64. The van der Waals surface area contributed by atoms with Gasteiger partial charge in [0.1, 0.15) is 12.9 Å². The molecule has 0 aliphatic carbocycles. The van der Waals surface area contributed by atoms with Gasteiger partial charge in [-0.15, -0.1) is 10.2 Å². The number of aliphatic hydroxyl groups is 1. The number of likely N-dealkylation sites (N-methyl/N-ethyl adjacent to an activating group) is 1. The van der Waals surface area contributed by atoms with Crippen LogP contribution >= 0.6 is 0 Å². The Balaban J connectivity index is 1.05. The molecule has 2 atom stereocenters. The zero-order valence-electron chi connectivity index (χ0n) is 25.0. The number of nitriles is 1. The average Bonchev–Trinajstić information content (AvgIpc) is 3.78. The lowest BCUT2D eigenvalue weighted by atomic mass is 10.1. The Hall–Kier alpha value is -5.24. The van der Waals surface area contributed by atoms with Gasteiger partial charge in [0.2, 0.25) is 0 Å². The van der Waals surface area contributed by atoms with E-state index < -0.39 is 6.10 Å². The van der Waals surface area contributed by atoms with Gasteiger partial charge in [0.25, 0.3) is 0 Å². The van der Waals surface area contributed by atoms with Gasteiger partial charge in [-0.1, -0.05) is 42.5 Å². The van der Waals surface area contributed by atoms with Crippen molar-refractivity contribution in [3.8, 4) is 34.4 Å². The molecule has 1 unspecified atom stereocenters. The number of β-amino-alcohol motifs (C(OH)–C–C–N with tert-alkyl or cyclic N) is 1. The van der Waals surface area contributed by atoms with Crippen LogP contribution in [0.2, 0.25) is 0 Å². The van der Waals surface area contributed by atoms with Crippen molar-refractivity contribution in [1.29, 1.82) is 5.26 Å². The van der Waals surface area contributed by atoms with Crippen LogP contribution in [-0.4, -0.2) is 74.6 Å². The number of anilines is 1. The lowest BCUT2D eigenvalue weighted by Gasteiger charge is -2.23. The second kappa shape index (κ2) is 12.0. The van der Waals surface area contributed by atoms with E-state index in [-0.39, 0.29) is 25.0 Å². The molecule has 2 aliphatic rings. The first-order valence-electron chi connectivity index (χ1n) is 15.0. The van der Waals surface area contributed by atoms with E-state index in [9.17, 15) is 15.2 Å². The van der Waals surface area contributed by atoms with Crippen molar-refractivity contribution in [3.63, 3.8) is 0 Å². The molecule has 1 fully saturated rings. The smallest absolute Gasteiger partial charge is 0.320 e. The highest BCUT2D eigenvalue weighted by atomic mass is 16.5. The Morgan fingerprint density at radius 1 is 1.07 bits per heavy atom. The monoisotopic (exact) mass is 599 g/mol. The summed E-state index contributed by atoms with van der Waals surface area (Å²) < 4.78 is 9.66. The lowest BCUT2D eigenvalue weighted by molar-refractivity contribution is -0.146. The highest BCUT2D eigenvalue weighted by molar-refractivity contribution is 5.73. The Labute approximate surface area is 261 Å². The number of aliphatic hydroxyl groups excluding tert-OH is 1. The van der Waals surface area contributed by atoms with Gasteiger partial charge in [-0.25, -0.2) is 0 Å². The molecule has 45 heavy (non-hydrogen) atoms. The van der Waals surface area contributed by atoms with Gasteiger partial charge in [0.15, 0.2) is 5.82 Å². The van der Waals surface area contributed by atoms with E-state index >= 15 is 0 Å². The summed E-state index contributed by atoms with van der Waals surface area (Å²) in [5.74, 6) is 0.478. The first-order valence-corrected chi connectivity index (χ1v) is 15.0. The normalized spacial score (nSPS) is 16.9. The Morgan fingerprint density at radius 3 is 2.69 bits per heavy atom. The summed E-state index contributed by atoms with van der Waals surface area (Å²) in [4.78, 5) is 16.6. The van der Waals surface area contributed by atoms with E-state index in [0.29, 0.717) is 31.7 Å². The zero-order chi connectivity index (χ0) is 30.9. The summed E-state index contributed by atoms with van der Waals surface area (Å²) >= 11 is 0. The number of carbonyl (C=O) groups is 1. The van der Waals surface area contributed by atoms with Crippen LogP contribution in [0.3, 0.4) is 0 Å². The van der Waals surface area contributed by atoms with Gasteiger partial charge in [-0.3, -0.25) is 14.3 Å². The molecular weight excluding hydrogens is 566 g/mol. The predicted molar refractivity (Wildman–Crippen MR) is 169 cm³/mol. The average molecular weight is 600 g/mol. The molecular formula is C35H33N7O3. The molecule has 7 rings (SSSR count). The van der Waals surface area contributed by atoms with Gasteiger partial charge in [0, 0.05) is 49.5 Å². The van der Waals surface area contributed by atoms with Crippen LogP contribution in [0, 0.1) is 17.2 Å². The highest BCUT2D eigenvalue weighted by Gasteiger charge is 2.33. The van der Waals surface area contributed by atoms with E-state index in [1.807, 2.05) is 71.1 Å². The third kappa shape index (κ3) is 5.83. The predicted octanol–water partition coefficient (Wildman–Crippen LogP) is 4.11. The summed E-state index contributed by atoms with van der Waals surface area (Å²) in [7, 11) is 1.89. The molecule has 0 spiro atoms.